The molecule has 2 aromatic heterocycles. The number of likely N-dealkylation sites (tertiary alicyclic amines) is 1. The van der Waals surface area contributed by atoms with Gasteiger partial charge in [-0.25, -0.2) is 9.97 Å². The number of fused-ring (bicyclic) bond motifs is 1. The van der Waals surface area contributed by atoms with Crippen LogP contribution < -0.4 is 5.32 Å². The zero-order chi connectivity index (χ0) is 17.9. The number of aromatic nitrogens is 3. The molecular formula is C19H19N5O2. The smallest absolute Gasteiger partial charge is 0.274 e. The van der Waals surface area contributed by atoms with Crippen molar-refractivity contribution in [1.29, 1.82) is 0 Å². The zero-order valence-corrected chi connectivity index (χ0v) is 14.3. The fourth-order valence-electron chi connectivity index (χ4n) is 3.20. The van der Waals surface area contributed by atoms with Crippen LogP contribution in [0, 0.1) is 0 Å². The highest BCUT2D eigenvalue weighted by atomic mass is 16.2. The molecule has 3 heterocycles. The summed E-state index contributed by atoms with van der Waals surface area (Å²) in [5.41, 5.74) is 2.33. The highest BCUT2D eigenvalue weighted by Crippen LogP contribution is 2.14. The third-order valence-electron chi connectivity index (χ3n) is 4.55. The van der Waals surface area contributed by atoms with E-state index in [0.29, 0.717) is 17.8 Å². The van der Waals surface area contributed by atoms with E-state index in [9.17, 15) is 9.59 Å². The molecular weight excluding hydrogens is 330 g/mol. The van der Waals surface area contributed by atoms with Crippen molar-refractivity contribution in [3.63, 3.8) is 0 Å². The Labute approximate surface area is 150 Å². The summed E-state index contributed by atoms with van der Waals surface area (Å²) in [6, 6.07) is 7.40. The van der Waals surface area contributed by atoms with Gasteiger partial charge < -0.3 is 14.6 Å². The van der Waals surface area contributed by atoms with E-state index in [-0.39, 0.29) is 17.5 Å². The van der Waals surface area contributed by atoms with Crippen LogP contribution in [0.1, 0.15) is 39.3 Å². The highest BCUT2D eigenvalue weighted by molar-refractivity contribution is 5.97. The van der Waals surface area contributed by atoms with Crippen molar-refractivity contribution in [3.05, 3.63) is 65.9 Å². The summed E-state index contributed by atoms with van der Waals surface area (Å²) < 4.78 is 1.75. The molecule has 2 amide bonds. The van der Waals surface area contributed by atoms with Gasteiger partial charge in [-0.3, -0.25) is 9.59 Å². The number of nitrogens with one attached hydrogen (secondary N) is 1. The van der Waals surface area contributed by atoms with Crippen molar-refractivity contribution in [1.82, 2.24) is 24.6 Å². The lowest BCUT2D eigenvalue weighted by Crippen LogP contribution is -2.28. The van der Waals surface area contributed by atoms with Crippen LogP contribution >= 0.6 is 0 Å². The van der Waals surface area contributed by atoms with E-state index in [1.807, 2.05) is 29.2 Å². The standard InChI is InChI=1S/C19H19N5O2/c25-18(16-17-21-7-11-23(17)10-6-20-16)22-13-14-4-3-5-15(12-14)19(26)24-8-1-2-9-24/h3-7,10-12H,1-2,8-9,13H2,(H,22,25). The van der Waals surface area contributed by atoms with Crippen LogP contribution in [0.3, 0.4) is 0 Å². The molecule has 1 saturated heterocycles. The second-order valence-corrected chi connectivity index (χ2v) is 6.32. The molecule has 3 aromatic rings. The lowest BCUT2D eigenvalue weighted by atomic mass is 10.1. The van der Waals surface area contributed by atoms with Crippen molar-refractivity contribution in [2.75, 3.05) is 13.1 Å². The highest BCUT2D eigenvalue weighted by Gasteiger charge is 2.19. The fraction of sp³-hybridized carbons (Fsp3) is 0.263. The first-order valence-electron chi connectivity index (χ1n) is 8.66. The van der Waals surface area contributed by atoms with Gasteiger partial charge in [0.1, 0.15) is 0 Å². The van der Waals surface area contributed by atoms with Crippen LogP contribution in [0.15, 0.2) is 49.1 Å². The molecule has 0 unspecified atom stereocenters. The van der Waals surface area contributed by atoms with E-state index in [0.717, 1.165) is 31.5 Å². The summed E-state index contributed by atoms with van der Waals surface area (Å²) in [6.07, 6.45) is 8.83. The Bertz CT molecular complexity index is 959. The average Bonchev–Trinajstić information content (AvgIpc) is 3.37. The minimum atomic E-state index is -0.293. The van der Waals surface area contributed by atoms with E-state index < -0.39 is 0 Å². The minimum absolute atomic E-state index is 0.0551. The SMILES string of the molecule is O=C(NCc1cccc(C(=O)N2CCCC2)c1)c1nccn2ccnc12. The van der Waals surface area contributed by atoms with Crippen LogP contribution in [0.4, 0.5) is 0 Å². The molecule has 0 radical (unpaired) electrons. The van der Waals surface area contributed by atoms with Crippen molar-refractivity contribution in [2.45, 2.75) is 19.4 Å². The maximum absolute atomic E-state index is 12.5. The molecule has 7 heteroatoms. The molecule has 1 aliphatic heterocycles. The quantitative estimate of drug-likeness (QED) is 0.780. The molecule has 0 saturated carbocycles. The molecule has 7 nitrogen and oxygen atoms in total. The predicted molar refractivity (Wildman–Crippen MR) is 95.7 cm³/mol. The van der Waals surface area contributed by atoms with Gasteiger partial charge in [0.15, 0.2) is 11.3 Å². The Hall–Kier alpha value is -3.22. The lowest BCUT2D eigenvalue weighted by Gasteiger charge is -2.15. The van der Waals surface area contributed by atoms with Gasteiger partial charge in [0.05, 0.1) is 0 Å². The summed E-state index contributed by atoms with van der Waals surface area (Å²) in [7, 11) is 0. The molecule has 4 rings (SSSR count). The largest absolute Gasteiger partial charge is 0.347 e. The number of benzene rings is 1. The third kappa shape index (κ3) is 3.15. The Morgan fingerprint density at radius 2 is 1.85 bits per heavy atom. The summed E-state index contributed by atoms with van der Waals surface area (Å²) in [5.74, 6) is -0.238. The van der Waals surface area contributed by atoms with E-state index in [1.54, 1.807) is 29.2 Å². The molecule has 0 bridgehead atoms. The van der Waals surface area contributed by atoms with Gasteiger partial charge in [0.2, 0.25) is 0 Å². The monoisotopic (exact) mass is 349 g/mol. The average molecular weight is 349 g/mol. The van der Waals surface area contributed by atoms with Gasteiger partial charge in [0, 0.05) is 50.0 Å². The summed E-state index contributed by atoms with van der Waals surface area (Å²) in [6.45, 7) is 1.96. The first-order valence-corrected chi connectivity index (χ1v) is 8.66. The second-order valence-electron chi connectivity index (χ2n) is 6.32. The Morgan fingerprint density at radius 1 is 1.08 bits per heavy atom. The van der Waals surface area contributed by atoms with Gasteiger partial charge in [-0.2, -0.15) is 0 Å². The molecule has 132 valence electrons. The molecule has 0 spiro atoms. The third-order valence-corrected chi connectivity index (χ3v) is 4.55. The summed E-state index contributed by atoms with van der Waals surface area (Å²) in [5, 5.41) is 2.85. The van der Waals surface area contributed by atoms with Gasteiger partial charge in [-0.1, -0.05) is 12.1 Å². The fourth-order valence-corrected chi connectivity index (χ4v) is 3.20. The maximum Gasteiger partial charge on any atom is 0.274 e. The number of nitrogens with zero attached hydrogens (tertiary/aromatic N) is 4. The molecule has 0 aliphatic carbocycles. The summed E-state index contributed by atoms with van der Waals surface area (Å²) >= 11 is 0. The van der Waals surface area contributed by atoms with Crippen LogP contribution in [-0.4, -0.2) is 44.2 Å². The molecule has 1 aliphatic rings. The Kier molecular flexibility index (Phi) is 4.35. The topological polar surface area (TPSA) is 79.6 Å². The van der Waals surface area contributed by atoms with Crippen LogP contribution in [0.25, 0.3) is 5.65 Å². The number of rotatable bonds is 4. The number of hydrogen-bond acceptors (Lipinski definition) is 4. The number of imidazole rings is 1. The maximum atomic E-state index is 12.5. The van der Waals surface area contributed by atoms with E-state index in [2.05, 4.69) is 15.3 Å². The number of hydrogen-bond donors (Lipinski definition) is 1. The Balaban J connectivity index is 1.46. The lowest BCUT2D eigenvalue weighted by molar-refractivity contribution is 0.0792. The normalized spacial score (nSPS) is 13.9. The molecule has 0 atom stereocenters. The molecule has 1 aromatic carbocycles. The molecule has 1 N–H and O–H groups in total. The predicted octanol–water partition coefficient (Wildman–Crippen LogP) is 1.90. The van der Waals surface area contributed by atoms with Gasteiger partial charge in [-0.05, 0) is 30.5 Å². The summed E-state index contributed by atoms with van der Waals surface area (Å²) in [4.78, 5) is 35.1. The van der Waals surface area contributed by atoms with Crippen molar-refractivity contribution < 1.29 is 9.59 Å². The zero-order valence-electron chi connectivity index (χ0n) is 14.3. The van der Waals surface area contributed by atoms with Gasteiger partial charge in [0.25, 0.3) is 11.8 Å². The molecule has 1 fully saturated rings. The van der Waals surface area contributed by atoms with Gasteiger partial charge in [-0.15, -0.1) is 0 Å². The van der Waals surface area contributed by atoms with Gasteiger partial charge >= 0.3 is 0 Å². The minimum Gasteiger partial charge on any atom is -0.347 e. The first-order chi connectivity index (χ1) is 12.7. The van der Waals surface area contributed by atoms with Crippen LogP contribution in [0.5, 0.6) is 0 Å². The number of carbonyl (C=O) groups excluding carboxylic acids is 2. The van der Waals surface area contributed by atoms with Crippen molar-refractivity contribution in [3.8, 4) is 0 Å². The van der Waals surface area contributed by atoms with Crippen molar-refractivity contribution >= 4 is 17.5 Å². The van der Waals surface area contributed by atoms with Crippen LogP contribution in [-0.2, 0) is 6.54 Å². The Morgan fingerprint density at radius 3 is 2.65 bits per heavy atom. The van der Waals surface area contributed by atoms with E-state index in [4.69, 9.17) is 0 Å². The number of amides is 2. The van der Waals surface area contributed by atoms with Crippen LogP contribution in [0.2, 0.25) is 0 Å². The van der Waals surface area contributed by atoms with Crippen molar-refractivity contribution in [2.24, 2.45) is 0 Å². The number of carbonyl (C=O) groups is 2. The van der Waals surface area contributed by atoms with E-state index >= 15 is 0 Å². The first kappa shape index (κ1) is 16.3. The van der Waals surface area contributed by atoms with E-state index in [1.165, 1.54) is 0 Å². The molecule has 26 heavy (non-hydrogen) atoms. The second kappa shape index (κ2) is 6.95.